The lowest BCUT2D eigenvalue weighted by molar-refractivity contribution is 0.512. The van der Waals surface area contributed by atoms with Gasteiger partial charge < -0.3 is 9.73 Å². The zero-order valence-corrected chi connectivity index (χ0v) is 8.12. The van der Waals surface area contributed by atoms with Gasteiger partial charge in [-0.2, -0.15) is 0 Å². The summed E-state index contributed by atoms with van der Waals surface area (Å²) < 4.78 is 5.04. The Balaban J connectivity index is 2.39. The quantitative estimate of drug-likeness (QED) is 0.536. The van der Waals surface area contributed by atoms with Crippen molar-refractivity contribution < 1.29 is 4.42 Å². The molecule has 0 aliphatic carbocycles. The number of rotatable bonds is 6. The summed E-state index contributed by atoms with van der Waals surface area (Å²) in [5.41, 5.74) is 1.23. The first-order chi connectivity index (χ1) is 6.38. The summed E-state index contributed by atoms with van der Waals surface area (Å²) in [5.74, 6) is 0. The fourth-order valence-electron chi connectivity index (χ4n) is 1.42. The molecule has 0 aromatic carbocycles. The lowest BCUT2D eigenvalue weighted by Crippen LogP contribution is -2.15. The minimum atomic E-state index is 0.415. The van der Waals surface area contributed by atoms with Gasteiger partial charge in [0, 0.05) is 11.6 Å². The van der Waals surface area contributed by atoms with E-state index in [0.29, 0.717) is 6.04 Å². The van der Waals surface area contributed by atoms with Gasteiger partial charge in [0.2, 0.25) is 0 Å². The summed E-state index contributed by atoms with van der Waals surface area (Å²) in [6.45, 7) is 3.71. The van der Waals surface area contributed by atoms with Crippen molar-refractivity contribution in [2.75, 3.05) is 7.05 Å². The molecule has 72 valence electrons. The van der Waals surface area contributed by atoms with E-state index in [-0.39, 0.29) is 0 Å². The lowest BCUT2D eigenvalue weighted by Gasteiger charge is -2.13. The number of furan rings is 1. The molecule has 0 bridgehead atoms. The maximum atomic E-state index is 5.04. The third-order valence-corrected chi connectivity index (χ3v) is 2.20. The highest BCUT2D eigenvalue weighted by molar-refractivity contribution is 5.11. The van der Waals surface area contributed by atoms with Gasteiger partial charge in [0.05, 0.1) is 12.5 Å². The summed E-state index contributed by atoms with van der Waals surface area (Å²) in [6.07, 6.45) is 8.85. The largest absolute Gasteiger partial charge is 0.472 e. The molecule has 0 fully saturated rings. The first kappa shape index (κ1) is 10.1. The van der Waals surface area contributed by atoms with Crippen LogP contribution in [0.4, 0.5) is 0 Å². The SMILES string of the molecule is C=CCCCC(NC)c1ccoc1. The summed E-state index contributed by atoms with van der Waals surface area (Å²) in [4.78, 5) is 0. The van der Waals surface area contributed by atoms with E-state index in [1.54, 1.807) is 12.5 Å². The molecule has 0 amide bonds. The average Bonchev–Trinajstić information content (AvgIpc) is 2.65. The van der Waals surface area contributed by atoms with Crippen LogP contribution in [0.3, 0.4) is 0 Å². The average molecular weight is 179 g/mol. The van der Waals surface area contributed by atoms with Gasteiger partial charge in [-0.25, -0.2) is 0 Å². The molecule has 0 spiro atoms. The minimum absolute atomic E-state index is 0.415. The zero-order valence-electron chi connectivity index (χ0n) is 8.12. The van der Waals surface area contributed by atoms with E-state index in [0.717, 1.165) is 12.8 Å². The van der Waals surface area contributed by atoms with E-state index in [2.05, 4.69) is 11.9 Å². The number of hydrogen-bond donors (Lipinski definition) is 1. The number of nitrogens with one attached hydrogen (secondary N) is 1. The van der Waals surface area contributed by atoms with E-state index in [4.69, 9.17) is 4.42 Å². The Morgan fingerprint density at radius 2 is 2.54 bits per heavy atom. The van der Waals surface area contributed by atoms with Gasteiger partial charge >= 0.3 is 0 Å². The van der Waals surface area contributed by atoms with Gasteiger partial charge in [-0.05, 0) is 32.4 Å². The molecule has 1 aromatic rings. The molecule has 1 N–H and O–H groups in total. The van der Waals surface area contributed by atoms with Gasteiger partial charge in [-0.1, -0.05) is 6.08 Å². The van der Waals surface area contributed by atoms with Crippen molar-refractivity contribution in [2.24, 2.45) is 0 Å². The molecule has 13 heavy (non-hydrogen) atoms. The van der Waals surface area contributed by atoms with Crippen molar-refractivity contribution in [2.45, 2.75) is 25.3 Å². The normalized spacial score (nSPS) is 12.7. The van der Waals surface area contributed by atoms with Crippen LogP contribution in [-0.4, -0.2) is 7.05 Å². The molecular formula is C11H17NO. The molecule has 1 aromatic heterocycles. The van der Waals surface area contributed by atoms with Crippen LogP contribution in [-0.2, 0) is 0 Å². The maximum Gasteiger partial charge on any atom is 0.0950 e. The Bertz CT molecular complexity index is 228. The third kappa shape index (κ3) is 3.07. The Morgan fingerprint density at radius 1 is 1.69 bits per heavy atom. The van der Waals surface area contributed by atoms with Crippen LogP contribution in [0, 0.1) is 0 Å². The number of allylic oxidation sites excluding steroid dienone is 1. The third-order valence-electron chi connectivity index (χ3n) is 2.20. The van der Waals surface area contributed by atoms with Crippen molar-refractivity contribution in [1.29, 1.82) is 0 Å². The van der Waals surface area contributed by atoms with Crippen molar-refractivity contribution >= 4 is 0 Å². The Kier molecular flexibility index (Phi) is 4.33. The molecule has 0 aliphatic rings. The monoisotopic (exact) mass is 179 g/mol. The molecule has 0 saturated carbocycles. The Hall–Kier alpha value is -1.02. The van der Waals surface area contributed by atoms with Crippen molar-refractivity contribution in [3.05, 3.63) is 36.8 Å². The van der Waals surface area contributed by atoms with Gasteiger partial charge in [-0.15, -0.1) is 6.58 Å². The topological polar surface area (TPSA) is 25.2 Å². The van der Waals surface area contributed by atoms with Crippen molar-refractivity contribution in [3.63, 3.8) is 0 Å². The highest BCUT2D eigenvalue weighted by Crippen LogP contribution is 2.19. The highest BCUT2D eigenvalue weighted by Gasteiger charge is 2.08. The number of hydrogen-bond acceptors (Lipinski definition) is 2. The molecule has 0 aliphatic heterocycles. The first-order valence-electron chi connectivity index (χ1n) is 4.68. The van der Waals surface area contributed by atoms with Gasteiger partial charge in [-0.3, -0.25) is 0 Å². The standard InChI is InChI=1S/C11H17NO/c1-3-4-5-6-11(12-2)10-7-8-13-9-10/h3,7-9,11-12H,1,4-6H2,2H3. The van der Waals surface area contributed by atoms with Crippen molar-refractivity contribution in [1.82, 2.24) is 5.32 Å². The van der Waals surface area contributed by atoms with Gasteiger partial charge in [0.15, 0.2) is 0 Å². The molecule has 0 radical (unpaired) electrons. The van der Waals surface area contributed by atoms with Crippen LogP contribution in [0.2, 0.25) is 0 Å². The summed E-state index contributed by atoms with van der Waals surface area (Å²) in [7, 11) is 1.98. The molecule has 1 rings (SSSR count). The molecular weight excluding hydrogens is 162 g/mol. The van der Waals surface area contributed by atoms with Crippen LogP contribution in [0.1, 0.15) is 30.9 Å². The second-order valence-electron chi connectivity index (χ2n) is 3.12. The van der Waals surface area contributed by atoms with E-state index < -0.39 is 0 Å². The molecule has 1 heterocycles. The predicted octanol–water partition coefficient (Wildman–Crippen LogP) is 2.90. The van der Waals surface area contributed by atoms with Crippen molar-refractivity contribution in [3.8, 4) is 0 Å². The summed E-state index contributed by atoms with van der Waals surface area (Å²) >= 11 is 0. The van der Waals surface area contributed by atoms with Gasteiger partial charge in [0.25, 0.3) is 0 Å². The summed E-state index contributed by atoms with van der Waals surface area (Å²) in [6, 6.07) is 2.42. The fraction of sp³-hybridized carbons (Fsp3) is 0.455. The first-order valence-corrected chi connectivity index (χ1v) is 4.68. The van der Waals surface area contributed by atoms with Crippen LogP contribution in [0.15, 0.2) is 35.7 Å². The lowest BCUT2D eigenvalue weighted by atomic mass is 10.0. The predicted molar refractivity (Wildman–Crippen MR) is 54.6 cm³/mol. The second kappa shape index (κ2) is 5.60. The number of unbranched alkanes of at least 4 members (excludes halogenated alkanes) is 1. The van der Waals surface area contributed by atoms with Crippen LogP contribution in [0.5, 0.6) is 0 Å². The molecule has 1 atom stereocenters. The van der Waals surface area contributed by atoms with Crippen LogP contribution >= 0.6 is 0 Å². The molecule has 2 nitrogen and oxygen atoms in total. The second-order valence-corrected chi connectivity index (χ2v) is 3.12. The highest BCUT2D eigenvalue weighted by atomic mass is 16.3. The smallest absolute Gasteiger partial charge is 0.0950 e. The Labute approximate surface area is 79.6 Å². The maximum absolute atomic E-state index is 5.04. The summed E-state index contributed by atoms with van der Waals surface area (Å²) in [5, 5.41) is 3.27. The van der Waals surface area contributed by atoms with E-state index in [1.165, 1.54) is 12.0 Å². The molecule has 0 saturated heterocycles. The molecule has 1 unspecified atom stereocenters. The van der Waals surface area contributed by atoms with Gasteiger partial charge in [0.1, 0.15) is 0 Å². The van der Waals surface area contributed by atoms with Crippen LogP contribution < -0.4 is 5.32 Å². The zero-order chi connectivity index (χ0) is 9.52. The fourth-order valence-corrected chi connectivity index (χ4v) is 1.42. The molecule has 2 heteroatoms. The van der Waals surface area contributed by atoms with Crippen LogP contribution in [0.25, 0.3) is 0 Å². The minimum Gasteiger partial charge on any atom is -0.472 e. The van der Waals surface area contributed by atoms with E-state index >= 15 is 0 Å². The Morgan fingerprint density at radius 3 is 3.08 bits per heavy atom. The van der Waals surface area contributed by atoms with E-state index in [9.17, 15) is 0 Å². The van der Waals surface area contributed by atoms with E-state index in [1.807, 2.05) is 19.2 Å².